The highest BCUT2D eigenvalue weighted by atomic mass is 19.1. The van der Waals surface area contributed by atoms with Crippen molar-refractivity contribution in [3.63, 3.8) is 0 Å². The number of carbonyl (C=O) groups excluding carboxylic acids is 1. The van der Waals surface area contributed by atoms with E-state index in [-0.39, 0.29) is 11.5 Å². The maximum absolute atomic E-state index is 13.8. The molecule has 0 saturated carbocycles. The Balaban J connectivity index is 1.94. The van der Waals surface area contributed by atoms with Gasteiger partial charge in [-0.25, -0.2) is 4.39 Å². The predicted octanol–water partition coefficient (Wildman–Crippen LogP) is 4.71. The number of Topliss-reactive ketones (excluding diaryl/α,β-unsaturated/α-hetero) is 1. The Morgan fingerprint density at radius 1 is 1.29 bits per heavy atom. The molecule has 3 nitrogen and oxygen atoms in total. The molecule has 4 heteroatoms. The van der Waals surface area contributed by atoms with Crippen molar-refractivity contribution in [3.8, 4) is 11.5 Å². The summed E-state index contributed by atoms with van der Waals surface area (Å²) in [5.41, 5.74) is 2.40. The van der Waals surface area contributed by atoms with Gasteiger partial charge in [-0.05, 0) is 43.7 Å². The molecule has 0 amide bonds. The van der Waals surface area contributed by atoms with Gasteiger partial charge in [0.25, 0.3) is 0 Å². The summed E-state index contributed by atoms with van der Waals surface area (Å²) in [6.45, 7) is 7.89. The molecule has 24 heavy (non-hydrogen) atoms. The molecule has 0 atom stereocenters. The van der Waals surface area contributed by atoms with E-state index in [1.165, 1.54) is 12.1 Å². The van der Waals surface area contributed by atoms with E-state index < -0.39 is 5.82 Å². The van der Waals surface area contributed by atoms with Crippen molar-refractivity contribution in [2.45, 2.75) is 13.8 Å². The second kappa shape index (κ2) is 6.32. The maximum atomic E-state index is 13.8. The van der Waals surface area contributed by atoms with Crippen LogP contribution in [0.2, 0.25) is 0 Å². The van der Waals surface area contributed by atoms with Crippen LogP contribution in [0.4, 0.5) is 4.39 Å². The number of allylic oxidation sites excluding steroid dienone is 1. The van der Waals surface area contributed by atoms with Gasteiger partial charge >= 0.3 is 0 Å². The summed E-state index contributed by atoms with van der Waals surface area (Å²) in [4.78, 5) is 12.5. The second-order valence-corrected chi connectivity index (χ2v) is 5.77. The predicted molar refractivity (Wildman–Crippen MR) is 90.8 cm³/mol. The van der Waals surface area contributed by atoms with Crippen molar-refractivity contribution in [1.82, 2.24) is 0 Å². The highest BCUT2D eigenvalue weighted by Gasteiger charge is 2.30. The van der Waals surface area contributed by atoms with Crippen molar-refractivity contribution in [3.05, 3.63) is 76.8 Å². The molecule has 0 unspecified atom stereocenters. The SMILES string of the molecule is C=C(C)COc1ccc2c(c1C)O/C(=C\c1ccccc1F)C2=O. The topological polar surface area (TPSA) is 35.5 Å². The van der Waals surface area contributed by atoms with Crippen LogP contribution in [0.1, 0.15) is 28.4 Å². The van der Waals surface area contributed by atoms with Gasteiger partial charge in [0.15, 0.2) is 5.76 Å². The van der Waals surface area contributed by atoms with Gasteiger partial charge in [-0.2, -0.15) is 0 Å². The van der Waals surface area contributed by atoms with Crippen LogP contribution >= 0.6 is 0 Å². The van der Waals surface area contributed by atoms with Crippen LogP contribution in [0.5, 0.6) is 11.5 Å². The summed E-state index contributed by atoms with van der Waals surface area (Å²) in [5, 5.41) is 0. The molecule has 3 rings (SSSR count). The number of ketones is 1. The van der Waals surface area contributed by atoms with Crippen LogP contribution in [0.15, 0.2) is 54.3 Å². The number of halogens is 1. The summed E-state index contributed by atoms with van der Waals surface area (Å²) < 4.78 is 25.1. The first-order valence-electron chi connectivity index (χ1n) is 7.57. The van der Waals surface area contributed by atoms with Crippen molar-refractivity contribution in [1.29, 1.82) is 0 Å². The van der Waals surface area contributed by atoms with Crippen LogP contribution < -0.4 is 9.47 Å². The molecule has 1 aliphatic heterocycles. The van der Waals surface area contributed by atoms with E-state index >= 15 is 0 Å². The van der Waals surface area contributed by atoms with Crippen molar-refractivity contribution < 1.29 is 18.7 Å². The molecule has 0 aliphatic carbocycles. The Hall–Kier alpha value is -2.88. The van der Waals surface area contributed by atoms with E-state index in [0.717, 1.165) is 11.1 Å². The number of ether oxygens (including phenoxy) is 2. The van der Waals surface area contributed by atoms with Gasteiger partial charge in [-0.1, -0.05) is 24.8 Å². The third-order valence-corrected chi connectivity index (χ3v) is 3.70. The molecule has 2 aromatic rings. The third-order valence-electron chi connectivity index (χ3n) is 3.70. The molecule has 0 fully saturated rings. The first-order valence-corrected chi connectivity index (χ1v) is 7.57. The number of benzene rings is 2. The van der Waals surface area contributed by atoms with Gasteiger partial charge < -0.3 is 9.47 Å². The summed E-state index contributed by atoms with van der Waals surface area (Å²) in [5.74, 6) is 0.538. The summed E-state index contributed by atoms with van der Waals surface area (Å²) in [6.07, 6.45) is 1.42. The van der Waals surface area contributed by atoms with Crippen molar-refractivity contribution in [2.75, 3.05) is 6.61 Å². The molecule has 0 N–H and O–H groups in total. The van der Waals surface area contributed by atoms with Gasteiger partial charge in [0.2, 0.25) is 5.78 Å². The van der Waals surface area contributed by atoms with Gasteiger partial charge in [-0.3, -0.25) is 4.79 Å². The van der Waals surface area contributed by atoms with Crippen LogP contribution in [0, 0.1) is 12.7 Å². The lowest BCUT2D eigenvalue weighted by molar-refractivity contribution is 0.101. The number of hydrogen-bond donors (Lipinski definition) is 0. The van der Waals surface area contributed by atoms with Gasteiger partial charge in [0.05, 0.1) is 5.56 Å². The Morgan fingerprint density at radius 3 is 2.75 bits per heavy atom. The van der Waals surface area contributed by atoms with Crippen LogP contribution in [-0.4, -0.2) is 12.4 Å². The molecule has 0 saturated heterocycles. The van der Waals surface area contributed by atoms with Crippen LogP contribution in [0.25, 0.3) is 6.08 Å². The molecule has 1 heterocycles. The Labute approximate surface area is 140 Å². The summed E-state index contributed by atoms with van der Waals surface area (Å²) >= 11 is 0. The van der Waals surface area contributed by atoms with Gasteiger partial charge in [0, 0.05) is 11.1 Å². The summed E-state index contributed by atoms with van der Waals surface area (Å²) in [6, 6.07) is 9.64. The minimum absolute atomic E-state index is 0.107. The molecule has 0 spiro atoms. The first-order chi connectivity index (χ1) is 11.5. The molecule has 1 aliphatic rings. The smallest absolute Gasteiger partial charge is 0.231 e. The lowest BCUT2D eigenvalue weighted by Gasteiger charge is -2.11. The van der Waals surface area contributed by atoms with E-state index in [1.807, 2.05) is 13.8 Å². The highest BCUT2D eigenvalue weighted by Crippen LogP contribution is 2.39. The van der Waals surface area contributed by atoms with E-state index in [0.29, 0.717) is 29.2 Å². The second-order valence-electron chi connectivity index (χ2n) is 5.77. The average Bonchev–Trinajstić information content (AvgIpc) is 2.86. The number of hydrogen-bond acceptors (Lipinski definition) is 3. The summed E-state index contributed by atoms with van der Waals surface area (Å²) in [7, 11) is 0. The normalized spacial score (nSPS) is 14.5. The fourth-order valence-corrected chi connectivity index (χ4v) is 2.46. The fourth-order valence-electron chi connectivity index (χ4n) is 2.46. The number of carbonyl (C=O) groups is 1. The van der Waals surface area contributed by atoms with E-state index in [2.05, 4.69) is 6.58 Å². The first kappa shape index (κ1) is 16.0. The number of rotatable bonds is 4. The van der Waals surface area contributed by atoms with E-state index in [1.54, 1.807) is 30.3 Å². The molecule has 0 bridgehead atoms. The largest absolute Gasteiger partial charge is 0.489 e. The van der Waals surface area contributed by atoms with Gasteiger partial charge in [-0.15, -0.1) is 0 Å². The zero-order valence-electron chi connectivity index (χ0n) is 13.6. The van der Waals surface area contributed by atoms with Crippen LogP contribution in [-0.2, 0) is 0 Å². The maximum Gasteiger partial charge on any atom is 0.231 e. The van der Waals surface area contributed by atoms with Crippen molar-refractivity contribution in [2.24, 2.45) is 0 Å². The fraction of sp³-hybridized carbons (Fsp3) is 0.150. The van der Waals surface area contributed by atoms with Crippen LogP contribution in [0.3, 0.4) is 0 Å². The molecule has 0 radical (unpaired) electrons. The average molecular weight is 324 g/mol. The molecular formula is C20H17FO3. The monoisotopic (exact) mass is 324 g/mol. The van der Waals surface area contributed by atoms with Crippen molar-refractivity contribution >= 4 is 11.9 Å². The molecule has 122 valence electrons. The standard InChI is InChI=1S/C20H17FO3/c1-12(2)11-23-17-9-8-15-19(22)18(24-20(15)13(17)3)10-14-6-4-5-7-16(14)21/h4-10H,1,11H2,2-3H3/b18-10-. The Bertz CT molecular complexity index is 865. The number of fused-ring (bicyclic) bond motifs is 1. The quantitative estimate of drug-likeness (QED) is 0.604. The minimum Gasteiger partial charge on any atom is -0.489 e. The lowest BCUT2D eigenvalue weighted by atomic mass is 10.1. The third kappa shape index (κ3) is 2.95. The van der Waals surface area contributed by atoms with E-state index in [4.69, 9.17) is 9.47 Å². The minimum atomic E-state index is -0.403. The van der Waals surface area contributed by atoms with Gasteiger partial charge in [0.1, 0.15) is 23.9 Å². The molecular weight excluding hydrogens is 307 g/mol. The lowest BCUT2D eigenvalue weighted by Crippen LogP contribution is -2.00. The zero-order valence-corrected chi connectivity index (χ0v) is 13.6. The Morgan fingerprint density at radius 2 is 2.04 bits per heavy atom. The Kier molecular flexibility index (Phi) is 4.21. The molecule has 2 aromatic carbocycles. The molecule has 0 aromatic heterocycles. The van der Waals surface area contributed by atoms with E-state index in [9.17, 15) is 9.18 Å². The zero-order chi connectivity index (χ0) is 17.3. The highest BCUT2D eigenvalue weighted by molar-refractivity contribution is 6.14.